The molecule has 1 aliphatic heterocycles. The summed E-state index contributed by atoms with van der Waals surface area (Å²) in [5.41, 5.74) is 3.06. The summed E-state index contributed by atoms with van der Waals surface area (Å²) >= 11 is 0. The lowest BCUT2D eigenvalue weighted by Crippen LogP contribution is -2.56. The molecule has 1 fully saturated rings. The quantitative estimate of drug-likeness (QED) is 0.472. The molecule has 2 heterocycles. The Bertz CT molecular complexity index is 762. The number of aryl methyl sites for hydroxylation is 1. The van der Waals surface area contributed by atoms with Crippen LogP contribution >= 0.6 is 0 Å². The number of halogens is 1. The predicted octanol–water partition coefficient (Wildman–Crippen LogP) is -1.85. The number of hydrogen-bond acceptors (Lipinski definition) is 6. The Balaban J connectivity index is 2.63. The summed E-state index contributed by atoms with van der Waals surface area (Å²) in [7, 11) is 0. The van der Waals surface area contributed by atoms with Crippen molar-refractivity contribution in [2.24, 2.45) is 5.73 Å². The number of hydrogen-bond donors (Lipinski definition) is 4. The van der Waals surface area contributed by atoms with Crippen LogP contribution in [-0.2, 0) is 4.74 Å². The molecule has 1 aliphatic rings. The minimum absolute atomic E-state index is 0.221. The molecule has 126 valence electrons. The number of rotatable bonds is 2. The Morgan fingerprint density at radius 3 is 2.78 bits per heavy atom. The van der Waals surface area contributed by atoms with E-state index in [2.05, 4.69) is 16.8 Å². The van der Waals surface area contributed by atoms with Crippen molar-refractivity contribution in [3.05, 3.63) is 32.6 Å². The van der Waals surface area contributed by atoms with E-state index in [0.29, 0.717) is 0 Å². The number of nitrogens with zero attached hydrogens (tertiary/aromatic N) is 1. The third kappa shape index (κ3) is 2.94. The van der Waals surface area contributed by atoms with Crippen LogP contribution < -0.4 is 17.0 Å². The van der Waals surface area contributed by atoms with Gasteiger partial charge in [0.2, 0.25) is 0 Å². The maximum Gasteiger partial charge on any atom is 0.330 e. The predicted molar refractivity (Wildman–Crippen MR) is 78.3 cm³/mol. The van der Waals surface area contributed by atoms with Crippen molar-refractivity contribution >= 4 is 0 Å². The second-order valence-electron chi connectivity index (χ2n) is 5.46. The van der Waals surface area contributed by atoms with Gasteiger partial charge in [-0.05, 0) is 13.8 Å². The molecule has 23 heavy (non-hydrogen) atoms. The number of H-pyrrole nitrogens is 1. The van der Waals surface area contributed by atoms with Crippen LogP contribution in [0, 0.1) is 18.8 Å². The number of alkyl halides is 1. The molecule has 5 atom stereocenters. The zero-order chi connectivity index (χ0) is 17.4. The third-order valence-corrected chi connectivity index (χ3v) is 3.75. The molecule has 1 aromatic heterocycles. The second kappa shape index (κ2) is 6.25. The van der Waals surface area contributed by atoms with E-state index in [-0.39, 0.29) is 5.69 Å². The fourth-order valence-electron chi connectivity index (χ4n) is 2.64. The van der Waals surface area contributed by atoms with Crippen molar-refractivity contribution in [3.8, 4) is 11.8 Å². The summed E-state index contributed by atoms with van der Waals surface area (Å²) in [4.78, 5) is 25.5. The van der Waals surface area contributed by atoms with E-state index >= 15 is 0 Å². The first-order valence-electron chi connectivity index (χ1n) is 6.91. The smallest absolute Gasteiger partial charge is 0.330 e. The molecule has 2 rings (SSSR count). The van der Waals surface area contributed by atoms with E-state index in [1.54, 1.807) is 0 Å². The van der Waals surface area contributed by atoms with Gasteiger partial charge in [-0.3, -0.25) is 14.3 Å². The van der Waals surface area contributed by atoms with Gasteiger partial charge in [-0.15, -0.1) is 0 Å². The molecule has 8 nitrogen and oxygen atoms in total. The van der Waals surface area contributed by atoms with Crippen molar-refractivity contribution in [3.63, 3.8) is 0 Å². The minimum Gasteiger partial charge on any atom is -0.391 e. The van der Waals surface area contributed by atoms with E-state index in [4.69, 9.17) is 10.5 Å². The molecule has 0 aliphatic carbocycles. The first-order valence-corrected chi connectivity index (χ1v) is 6.91. The van der Waals surface area contributed by atoms with Gasteiger partial charge in [0.25, 0.3) is 5.56 Å². The summed E-state index contributed by atoms with van der Waals surface area (Å²) in [5, 5.41) is 20.1. The first kappa shape index (κ1) is 17.4. The summed E-state index contributed by atoms with van der Waals surface area (Å²) in [6, 6.07) is 1.15. The summed E-state index contributed by atoms with van der Waals surface area (Å²) in [5.74, 6) is 4.49. The van der Waals surface area contributed by atoms with Crippen molar-refractivity contribution in [1.29, 1.82) is 0 Å². The Kier molecular flexibility index (Phi) is 4.72. The van der Waals surface area contributed by atoms with Gasteiger partial charge in [-0.1, -0.05) is 11.8 Å². The fourth-order valence-corrected chi connectivity index (χ4v) is 2.64. The molecule has 0 saturated carbocycles. The zero-order valence-corrected chi connectivity index (χ0v) is 12.6. The van der Waals surface area contributed by atoms with Crippen molar-refractivity contribution < 1.29 is 19.3 Å². The molecule has 1 saturated heterocycles. The van der Waals surface area contributed by atoms with Gasteiger partial charge in [0, 0.05) is 11.8 Å². The lowest BCUT2D eigenvalue weighted by atomic mass is 9.90. The van der Waals surface area contributed by atoms with Crippen molar-refractivity contribution in [1.82, 2.24) is 9.55 Å². The molecule has 0 radical (unpaired) electrons. The maximum atomic E-state index is 12.4. The fraction of sp³-hybridized carbons (Fsp3) is 0.571. The van der Waals surface area contributed by atoms with Crippen LogP contribution in [0.25, 0.3) is 0 Å². The highest BCUT2D eigenvalue weighted by Crippen LogP contribution is 2.37. The number of aromatic amines is 1. The third-order valence-electron chi connectivity index (χ3n) is 3.75. The van der Waals surface area contributed by atoms with E-state index < -0.39 is 48.0 Å². The highest BCUT2D eigenvalue weighted by Gasteiger charge is 2.56. The van der Waals surface area contributed by atoms with Crippen LogP contribution in [0.1, 0.15) is 18.8 Å². The second-order valence-corrected chi connectivity index (χ2v) is 5.46. The van der Waals surface area contributed by atoms with Crippen molar-refractivity contribution in [2.75, 3.05) is 6.67 Å². The molecule has 0 amide bonds. The molecule has 9 heteroatoms. The normalized spacial score (nSPS) is 31.5. The van der Waals surface area contributed by atoms with Crippen molar-refractivity contribution in [2.45, 2.75) is 43.9 Å². The first-order chi connectivity index (χ1) is 10.7. The van der Waals surface area contributed by atoms with E-state index in [0.717, 1.165) is 10.6 Å². The molecule has 5 N–H and O–H groups in total. The van der Waals surface area contributed by atoms with Crippen LogP contribution in [0.15, 0.2) is 15.7 Å². The van der Waals surface area contributed by atoms with Crippen LogP contribution in [0.4, 0.5) is 4.39 Å². The number of ether oxygens (including phenoxy) is 1. The molecule has 0 aromatic carbocycles. The summed E-state index contributed by atoms with van der Waals surface area (Å²) < 4.78 is 19.0. The highest BCUT2D eigenvalue weighted by molar-refractivity contribution is 5.27. The Morgan fingerprint density at radius 2 is 2.26 bits per heavy atom. The number of aromatic nitrogens is 2. The van der Waals surface area contributed by atoms with Crippen LogP contribution in [0.2, 0.25) is 0 Å². The van der Waals surface area contributed by atoms with Gasteiger partial charge in [0.15, 0.2) is 11.8 Å². The molecular weight excluding hydrogens is 309 g/mol. The topological polar surface area (TPSA) is 131 Å². The lowest BCUT2D eigenvalue weighted by molar-refractivity contribution is -0.0784. The van der Waals surface area contributed by atoms with Gasteiger partial charge >= 0.3 is 5.69 Å². The molecule has 1 unspecified atom stereocenters. The van der Waals surface area contributed by atoms with Gasteiger partial charge in [0.1, 0.15) is 18.9 Å². The monoisotopic (exact) mass is 327 g/mol. The SMILES string of the molecule is Cc1cc(=O)[nH]c(=O)n1[C@@H]1O[C@H]([C@H](C)O)[C@H](O)C1(N)C#CCF. The Morgan fingerprint density at radius 1 is 1.61 bits per heavy atom. The molecule has 0 bridgehead atoms. The van der Waals surface area contributed by atoms with Crippen LogP contribution in [0.3, 0.4) is 0 Å². The minimum atomic E-state index is -1.83. The van der Waals surface area contributed by atoms with E-state index in [9.17, 15) is 24.2 Å². The molecular formula is C14H18FN3O5. The van der Waals surface area contributed by atoms with Gasteiger partial charge in [-0.25, -0.2) is 9.18 Å². The van der Waals surface area contributed by atoms with Gasteiger partial charge < -0.3 is 20.7 Å². The average molecular weight is 327 g/mol. The molecule has 1 aromatic rings. The average Bonchev–Trinajstić information content (AvgIpc) is 2.70. The molecule has 0 spiro atoms. The zero-order valence-electron chi connectivity index (χ0n) is 12.6. The van der Waals surface area contributed by atoms with E-state index in [1.165, 1.54) is 13.8 Å². The number of aliphatic hydroxyl groups excluding tert-OH is 2. The summed E-state index contributed by atoms with van der Waals surface area (Å²) in [6.45, 7) is 1.85. The van der Waals surface area contributed by atoms with Crippen LogP contribution in [0.5, 0.6) is 0 Å². The number of nitrogens with one attached hydrogen (secondary N) is 1. The largest absolute Gasteiger partial charge is 0.391 e. The summed E-state index contributed by atoms with van der Waals surface area (Å²) in [6.07, 6.45) is -5.01. The van der Waals surface area contributed by atoms with Gasteiger partial charge in [0.05, 0.1) is 6.10 Å². The number of aliphatic hydroxyl groups is 2. The standard InChI is InChI=1S/C14H18FN3O5/c1-7-6-9(20)17-13(22)18(7)12-14(16,4-3-5-15)11(21)10(23-12)8(2)19/h6,8,10-12,19,21H,5,16H2,1-2H3,(H,17,20,22)/t8-,10+,11-,12+,14?/m0/s1. The highest BCUT2D eigenvalue weighted by atomic mass is 19.1. The lowest BCUT2D eigenvalue weighted by Gasteiger charge is -2.29. The number of nitrogens with two attached hydrogens (primary N) is 1. The maximum absolute atomic E-state index is 12.4. The Hall–Kier alpha value is -1.99. The van der Waals surface area contributed by atoms with E-state index in [1.807, 2.05) is 0 Å². The van der Waals surface area contributed by atoms with Gasteiger partial charge in [-0.2, -0.15) is 0 Å². The van der Waals surface area contributed by atoms with Crippen LogP contribution in [-0.4, -0.2) is 50.3 Å². The Labute approximate surface area is 130 Å².